The van der Waals surface area contributed by atoms with Gasteiger partial charge >= 0.3 is 0 Å². The molecule has 0 aromatic carbocycles. The molecule has 21 heavy (non-hydrogen) atoms. The molecule has 1 atom stereocenters. The number of hydrogen-bond acceptors (Lipinski definition) is 5. The summed E-state index contributed by atoms with van der Waals surface area (Å²) in [5.74, 6) is 1.56. The van der Waals surface area contributed by atoms with Crippen LogP contribution in [0.25, 0.3) is 0 Å². The number of aliphatic imine (C=N–C) groups is 1. The fourth-order valence-corrected chi connectivity index (χ4v) is 3.79. The van der Waals surface area contributed by atoms with Crippen LogP contribution in [-0.2, 0) is 16.4 Å². The molecule has 0 amide bonds. The first kappa shape index (κ1) is 15.6. The Balaban J connectivity index is 1.85. The molecule has 0 aliphatic carbocycles. The summed E-state index contributed by atoms with van der Waals surface area (Å²) in [6, 6.07) is 3.62. The minimum atomic E-state index is -2.89. The van der Waals surface area contributed by atoms with Crippen LogP contribution in [0, 0.1) is 0 Å². The van der Waals surface area contributed by atoms with Gasteiger partial charge in [0.2, 0.25) is 5.88 Å². The van der Waals surface area contributed by atoms with Crippen molar-refractivity contribution in [2.75, 3.05) is 25.7 Å². The van der Waals surface area contributed by atoms with E-state index < -0.39 is 9.84 Å². The standard InChI is InChI=1S/C13H20N4O3S/c1-14-13(17-11-5-6-21(18,19)9-11)16-8-10-3-4-12(20-2)15-7-10/h3-4,7,11H,5-6,8-9H2,1-2H3,(H2,14,16,17). The highest BCUT2D eigenvalue weighted by atomic mass is 32.2. The summed E-state index contributed by atoms with van der Waals surface area (Å²) >= 11 is 0. The van der Waals surface area contributed by atoms with Gasteiger partial charge in [-0.05, 0) is 12.0 Å². The number of hydrogen-bond donors (Lipinski definition) is 2. The highest BCUT2D eigenvalue weighted by Crippen LogP contribution is 2.11. The third-order valence-electron chi connectivity index (χ3n) is 3.26. The van der Waals surface area contributed by atoms with E-state index in [9.17, 15) is 8.42 Å². The normalized spacial score (nSPS) is 21.0. The summed E-state index contributed by atoms with van der Waals surface area (Å²) in [6.07, 6.45) is 2.34. The molecule has 1 aliphatic heterocycles. The third kappa shape index (κ3) is 4.59. The van der Waals surface area contributed by atoms with E-state index in [4.69, 9.17) is 4.74 Å². The second-order valence-corrected chi connectivity index (χ2v) is 7.11. The number of aromatic nitrogens is 1. The fourth-order valence-electron chi connectivity index (χ4n) is 2.12. The topological polar surface area (TPSA) is 92.7 Å². The van der Waals surface area contributed by atoms with Gasteiger partial charge in [-0.25, -0.2) is 13.4 Å². The van der Waals surface area contributed by atoms with Crippen molar-refractivity contribution in [3.63, 3.8) is 0 Å². The number of methoxy groups -OCH3 is 1. The number of rotatable bonds is 4. The van der Waals surface area contributed by atoms with Gasteiger partial charge in [0.1, 0.15) is 0 Å². The molecule has 0 radical (unpaired) electrons. The summed E-state index contributed by atoms with van der Waals surface area (Å²) < 4.78 is 27.9. The first-order valence-corrected chi connectivity index (χ1v) is 8.51. The molecule has 1 aliphatic rings. The molecular formula is C13H20N4O3S. The van der Waals surface area contributed by atoms with Gasteiger partial charge in [-0.2, -0.15) is 0 Å². The summed E-state index contributed by atoms with van der Waals surface area (Å²) in [5, 5.41) is 6.27. The molecule has 1 saturated heterocycles. The van der Waals surface area contributed by atoms with Crippen molar-refractivity contribution in [3.05, 3.63) is 23.9 Å². The third-order valence-corrected chi connectivity index (χ3v) is 5.03. The Kier molecular flexibility index (Phi) is 5.00. The Morgan fingerprint density at radius 2 is 2.33 bits per heavy atom. The maximum absolute atomic E-state index is 11.4. The van der Waals surface area contributed by atoms with Crippen molar-refractivity contribution in [2.24, 2.45) is 4.99 Å². The van der Waals surface area contributed by atoms with Crippen molar-refractivity contribution in [3.8, 4) is 5.88 Å². The Morgan fingerprint density at radius 1 is 1.52 bits per heavy atom. The second kappa shape index (κ2) is 6.75. The Labute approximate surface area is 124 Å². The zero-order valence-electron chi connectivity index (χ0n) is 12.2. The predicted molar refractivity (Wildman–Crippen MR) is 81.2 cm³/mol. The molecule has 2 N–H and O–H groups in total. The smallest absolute Gasteiger partial charge is 0.212 e. The number of sulfone groups is 1. The number of guanidine groups is 1. The van der Waals surface area contributed by atoms with Crippen LogP contribution < -0.4 is 15.4 Å². The molecule has 116 valence electrons. The van der Waals surface area contributed by atoms with Gasteiger partial charge < -0.3 is 15.4 Å². The van der Waals surface area contributed by atoms with Crippen LogP contribution in [0.5, 0.6) is 5.88 Å². The molecule has 0 spiro atoms. The van der Waals surface area contributed by atoms with Crippen LogP contribution in [0.3, 0.4) is 0 Å². The van der Waals surface area contributed by atoms with E-state index in [0.717, 1.165) is 5.56 Å². The first-order valence-electron chi connectivity index (χ1n) is 6.69. The van der Waals surface area contributed by atoms with Gasteiger partial charge in [0.25, 0.3) is 0 Å². The molecule has 1 unspecified atom stereocenters. The highest BCUT2D eigenvalue weighted by molar-refractivity contribution is 7.91. The van der Waals surface area contributed by atoms with Gasteiger partial charge in [-0.3, -0.25) is 4.99 Å². The monoisotopic (exact) mass is 312 g/mol. The van der Waals surface area contributed by atoms with Crippen LogP contribution >= 0.6 is 0 Å². The molecular weight excluding hydrogens is 292 g/mol. The van der Waals surface area contributed by atoms with E-state index in [-0.39, 0.29) is 17.5 Å². The van der Waals surface area contributed by atoms with E-state index in [1.807, 2.05) is 6.07 Å². The largest absolute Gasteiger partial charge is 0.481 e. The van der Waals surface area contributed by atoms with Crippen LogP contribution in [0.15, 0.2) is 23.3 Å². The van der Waals surface area contributed by atoms with E-state index in [1.54, 1.807) is 26.4 Å². The minimum Gasteiger partial charge on any atom is -0.481 e. The predicted octanol–water partition coefficient (Wildman–Crippen LogP) is -0.0577. The fraction of sp³-hybridized carbons (Fsp3) is 0.538. The number of ether oxygens (including phenoxy) is 1. The molecule has 1 aromatic heterocycles. The summed E-state index contributed by atoms with van der Waals surface area (Å²) in [4.78, 5) is 8.22. The second-order valence-electron chi connectivity index (χ2n) is 4.88. The molecule has 8 heteroatoms. The Hall–Kier alpha value is -1.83. The SMILES string of the molecule is CN=C(NCc1ccc(OC)nc1)NC1CCS(=O)(=O)C1. The van der Waals surface area contributed by atoms with E-state index in [1.165, 1.54) is 0 Å². The van der Waals surface area contributed by atoms with Crippen LogP contribution in [-0.4, -0.2) is 51.1 Å². The highest BCUT2D eigenvalue weighted by Gasteiger charge is 2.28. The van der Waals surface area contributed by atoms with Gasteiger partial charge in [-0.15, -0.1) is 0 Å². The molecule has 0 bridgehead atoms. The lowest BCUT2D eigenvalue weighted by atomic mass is 10.2. The number of pyridine rings is 1. The Bertz CT molecular complexity index is 598. The average Bonchev–Trinajstić information content (AvgIpc) is 2.83. The van der Waals surface area contributed by atoms with Gasteiger partial charge in [0.05, 0.1) is 18.6 Å². The number of nitrogens with one attached hydrogen (secondary N) is 2. The van der Waals surface area contributed by atoms with Crippen LogP contribution in [0.2, 0.25) is 0 Å². The van der Waals surface area contributed by atoms with Crippen molar-refractivity contribution in [1.29, 1.82) is 0 Å². The molecule has 7 nitrogen and oxygen atoms in total. The van der Waals surface area contributed by atoms with E-state index in [2.05, 4.69) is 20.6 Å². The van der Waals surface area contributed by atoms with E-state index in [0.29, 0.717) is 24.8 Å². The summed E-state index contributed by atoms with van der Waals surface area (Å²) in [6.45, 7) is 0.552. The van der Waals surface area contributed by atoms with Crippen LogP contribution in [0.4, 0.5) is 0 Å². The average molecular weight is 312 g/mol. The molecule has 1 fully saturated rings. The van der Waals surface area contributed by atoms with E-state index >= 15 is 0 Å². The summed E-state index contributed by atoms with van der Waals surface area (Å²) in [5.41, 5.74) is 0.984. The Morgan fingerprint density at radius 3 is 2.86 bits per heavy atom. The lowest BCUT2D eigenvalue weighted by molar-refractivity contribution is 0.397. The summed E-state index contributed by atoms with van der Waals surface area (Å²) in [7, 11) is 0.336. The minimum absolute atomic E-state index is 0.0739. The molecule has 2 heterocycles. The van der Waals surface area contributed by atoms with Crippen molar-refractivity contribution >= 4 is 15.8 Å². The maximum Gasteiger partial charge on any atom is 0.212 e. The maximum atomic E-state index is 11.4. The molecule has 0 saturated carbocycles. The zero-order valence-corrected chi connectivity index (χ0v) is 13.0. The zero-order chi connectivity index (χ0) is 15.3. The van der Waals surface area contributed by atoms with Crippen LogP contribution in [0.1, 0.15) is 12.0 Å². The lowest BCUT2D eigenvalue weighted by Gasteiger charge is -2.16. The first-order chi connectivity index (χ1) is 10.0. The molecule has 1 aromatic rings. The van der Waals surface area contributed by atoms with Crippen molar-refractivity contribution in [1.82, 2.24) is 15.6 Å². The van der Waals surface area contributed by atoms with Gasteiger partial charge in [0.15, 0.2) is 15.8 Å². The quantitative estimate of drug-likeness (QED) is 0.598. The number of nitrogens with zero attached hydrogens (tertiary/aromatic N) is 2. The van der Waals surface area contributed by atoms with Gasteiger partial charge in [-0.1, -0.05) is 6.07 Å². The molecule has 2 rings (SSSR count). The lowest BCUT2D eigenvalue weighted by Crippen LogP contribution is -2.43. The van der Waals surface area contributed by atoms with Crippen molar-refractivity contribution < 1.29 is 13.2 Å². The van der Waals surface area contributed by atoms with Gasteiger partial charge in [0, 0.05) is 31.9 Å². The van der Waals surface area contributed by atoms with Crippen molar-refractivity contribution in [2.45, 2.75) is 19.0 Å².